The Kier molecular flexibility index (Phi) is 4.84. The number of nitrogens with one attached hydrogen (secondary N) is 1. The summed E-state index contributed by atoms with van der Waals surface area (Å²) in [7, 11) is 0. The number of benzene rings is 1. The lowest BCUT2D eigenvalue weighted by Gasteiger charge is -2.14. The molecular weight excluding hydrogens is 320 g/mol. The fourth-order valence-corrected chi connectivity index (χ4v) is 1.35. The molecule has 0 fully saturated rings. The van der Waals surface area contributed by atoms with Gasteiger partial charge in [-0.15, -0.1) is 0 Å². The minimum Gasteiger partial charge on any atom is -0.545 e. The quantitative estimate of drug-likeness (QED) is 0.682. The average molecular weight is 326 g/mol. The minimum atomic E-state index is -5.05. The number of hydrogen-bond donors (Lipinski definition) is 1. The lowest BCUT2D eigenvalue weighted by molar-refractivity contribution is -0.297. The molecule has 0 spiro atoms. The van der Waals surface area contributed by atoms with Crippen LogP contribution in [-0.4, -0.2) is 11.9 Å². The number of carbonyl (C=O) groups excluding carboxylic acids is 2. The van der Waals surface area contributed by atoms with Crippen LogP contribution in [0.2, 0.25) is 0 Å². The molecule has 1 aromatic rings. The summed E-state index contributed by atoms with van der Waals surface area (Å²) in [4.78, 5) is 21.2. The van der Waals surface area contributed by atoms with E-state index in [4.69, 9.17) is 0 Å². The van der Waals surface area contributed by atoms with Crippen molar-refractivity contribution in [1.82, 2.24) is 0 Å². The molecule has 0 bridgehead atoms. The molecule has 0 radical (unpaired) electrons. The van der Waals surface area contributed by atoms with Gasteiger partial charge in [0.1, 0.15) is 0 Å². The minimum absolute atomic E-state index is 0.104. The second-order valence-corrected chi connectivity index (χ2v) is 3.94. The zero-order valence-corrected chi connectivity index (χ0v) is 10.4. The fraction of sp³-hybridized carbons (Fsp3) is 0.167. The normalized spacial score (nSPS) is 12.5. The van der Waals surface area contributed by atoms with Crippen LogP contribution < -0.4 is 10.4 Å². The maximum atomic E-state index is 12.5. The fourth-order valence-electron chi connectivity index (χ4n) is 1.35. The first kappa shape index (κ1) is 17.5. The van der Waals surface area contributed by atoms with Crippen molar-refractivity contribution in [2.45, 2.75) is 12.4 Å². The van der Waals surface area contributed by atoms with E-state index in [1.807, 2.05) is 0 Å². The average Bonchev–Trinajstić information content (AvgIpc) is 2.34. The third-order valence-electron chi connectivity index (χ3n) is 2.23. The summed E-state index contributed by atoms with van der Waals surface area (Å²) in [5.74, 6) is -2.98. The summed E-state index contributed by atoms with van der Waals surface area (Å²) < 4.78 is 75.3. The third kappa shape index (κ3) is 5.11. The zero-order valence-electron chi connectivity index (χ0n) is 10.4. The van der Waals surface area contributed by atoms with E-state index >= 15 is 0 Å². The van der Waals surface area contributed by atoms with E-state index < -0.39 is 41.0 Å². The Bertz CT molecular complexity index is 586. The molecule has 120 valence electrons. The van der Waals surface area contributed by atoms with Crippen LogP contribution in [0.15, 0.2) is 30.4 Å². The highest BCUT2D eigenvalue weighted by Crippen LogP contribution is 2.37. The topological polar surface area (TPSA) is 69.2 Å². The molecule has 10 heteroatoms. The highest BCUT2D eigenvalue weighted by molar-refractivity contribution is 6.02. The lowest BCUT2D eigenvalue weighted by atomic mass is 10.1. The zero-order chi connectivity index (χ0) is 17.1. The van der Waals surface area contributed by atoms with Crippen LogP contribution in [0.5, 0.6) is 0 Å². The van der Waals surface area contributed by atoms with Crippen LogP contribution in [-0.2, 0) is 21.9 Å². The molecule has 0 aliphatic rings. The number of amides is 1. The first-order valence-electron chi connectivity index (χ1n) is 5.39. The van der Waals surface area contributed by atoms with Crippen LogP contribution in [0.1, 0.15) is 11.1 Å². The second kappa shape index (κ2) is 6.08. The standard InChI is InChI=1S/C12H7F6NO3/c13-11(14,15)6-3-7(12(16,17)18)5-8(4-6)19-9(20)1-2-10(21)22/h1-5H,(H,19,20)(H,21,22)/p-1/b2-1+. The van der Waals surface area contributed by atoms with E-state index in [1.54, 1.807) is 5.32 Å². The summed E-state index contributed by atoms with van der Waals surface area (Å²) in [5.41, 5.74) is -4.00. The van der Waals surface area contributed by atoms with Crippen LogP contribution >= 0.6 is 0 Å². The lowest BCUT2D eigenvalue weighted by Crippen LogP contribution is -2.20. The molecular formula is C12H6F6NO3-. The molecule has 1 rings (SSSR count). The van der Waals surface area contributed by atoms with Gasteiger partial charge in [-0.1, -0.05) is 0 Å². The summed E-state index contributed by atoms with van der Waals surface area (Å²) in [5, 5.41) is 11.8. The Morgan fingerprint density at radius 1 is 0.909 bits per heavy atom. The largest absolute Gasteiger partial charge is 0.545 e. The highest BCUT2D eigenvalue weighted by Gasteiger charge is 2.37. The molecule has 4 nitrogen and oxygen atoms in total. The van der Waals surface area contributed by atoms with Gasteiger partial charge in [-0.3, -0.25) is 4.79 Å². The van der Waals surface area contributed by atoms with Gasteiger partial charge in [-0.2, -0.15) is 26.3 Å². The third-order valence-corrected chi connectivity index (χ3v) is 2.23. The smallest absolute Gasteiger partial charge is 0.416 e. The molecule has 1 aromatic carbocycles. The van der Waals surface area contributed by atoms with Crippen molar-refractivity contribution in [1.29, 1.82) is 0 Å². The summed E-state index contributed by atoms with van der Waals surface area (Å²) in [6.45, 7) is 0. The van der Waals surface area contributed by atoms with Crippen molar-refractivity contribution >= 4 is 17.6 Å². The van der Waals surface area contributed by atoms with Gasteiger partial charge in [0.15, 0.2) is 0 Å². The van der Waals surface area contributed by atoms with Crippen molar-refractivity contribution in [2.75, 3.05) is 5.32 Å². The van der Waals surface area contributed by atoms with Gasteiger partial charge in [0.2, 0.25) is 5.91 Å². The van der Waals surface area contributed by atoms with Gasteiger partial charge in [0.25, 0.3) is 0 Å². The maximum Gasteiger partial charge on any atom is 0.416 e. The predicted octanol–water partition coefficient (Wildman–Crippen LogP) is 1.97. The number of halogens is 6. The van der Waals surface area contributed by atoms with Crippen LogP contribution in [0, 0.1) is 0 Å². The van der Waals surface area contributed by atoms with E-state index in [2.05, 4.69) is 0 Å². The van der Waals surface area contributed by atoms with Gasteiger partial charge in [0.05, 0.1) is 17.1 Å². The van der Waals surface area contributed by atoms with Gasteiger partial charge < -0.3 is 15.2 Å². The Hall–Kier alpha value is -2.52. The van der Waals surface area contributed by atoms with Gasteiger partial charge in [0, 0.05) is 11.8 Å². The second-order valence-electron chi connectivity index (χ2n) is 3.94. The maximum absolute atomic E-state index is 12.5. The molecule has 0 heterocycles. The first-order chi connectivity index (χ1) is 9.89. The molecule has 22 heavy (non-hydrogen) atoms. The van der Waals surface area contributed by atoms with E-state index in [0.717, 1.165) is 0 Å². The summed E-state index contributed by atoms with van der Waals surface area (Å²) in [6.07, 6.45) is -9.44. The Morgan fingerprint density at radius 3 is 1.73 bits per heavy atom. The number of carboxylic acid groups (broad SMARTS) is 1. The van der Waals surface area contributed by atoms with Crippen molar-refractivity contribution in [2.24, 2.45) is 0 Å². The molecule has 0 unspecified atom stereocenters. The molecule has 0 saturated heterocycles. The molecule has 1 amide bonds. The van der Waals surface area contributed by atoms with Crippen molar-refractivity contribution in [3.63, 3.8) is 0 Å². The number of hydrogen-bond acceptors (Lipinski definition) is 3. The monoisotopic (exact) mass is 326 g/mol. The Labute approximate surface area is 119 Å². The van der Waals surface area contributed by atoms with Gasteiger partial charge in [-0.25, -0.2) is 0 Å². The van der Waals surface area contributed by atoms with Crippen molar-refractivity contribution < 1.29 is 41.0 Å². The van der Waals surface area contributed by atoms with Crippen molar-refractivity contribution in [3.8, 4) is 0 Å². The van der Waals surface area contributed by atoms with E-state index in [9.17, 15) is 41.0 Å². The number of rotatable bonds is 3. The molecule has 0 saturated carbocycles. The SMILES string of the molecule is O=C([O-])/C=C/C(=O)Nc1cc(C(F)(F)F)cc(C(F)(F)F)c1. The number of anilines is 1. The van der Waals surface area contributed by atoms with Crippen LogP contribution in [0.3, 0.4) is 0 Å². The van der Waals surface area contributed by atoms with Gasteiger partial charge in [-0.05, 0) is 24.3 Å². The highest BCUT2D eigenvalue weighted by atomic mass is 19.4. The predicted molar refractivity (Wildman–Crippen MR) is 59.2 cm³/mol. The number of carboxylic acids is 1. The Balaban J connectivity index is 3.19. The van der Waals surface area contributed by atoms with E-state index in [0.29, 0.717) is 18.2 Å². The first-order valence-corrected chi connectivity index (χ1v) is 5.39. The number of alkyl halides is 6. The molecule has 0 aliphatic heterocycles. The van der Waals surface area contributed by atoms with Crippen LogP contribution in [0.4, 0.5) is 32.0 Å². The van der Waals surface area contributed by atoms with Gasteiger partial charge >= 0.3 is 12.4 Å². The Morgan fingerprint density at radius 2 is 1.36 bits per heavy atom. The van der Waals surface area contributed by atoms with Crippen molar-refractivity contribution in [3.05, 3.63) is 41.5 Å². The molecule has 0 atom stereocenters. The number of carbonyl (C=O) groups is 2. The molecule has 0 aliphatic carbocycles. The summed E-state index contributed by atoms with van der Waals surface area (Å²) in [6, 6.07) is 0.479. The summed E-state index contributed by atoms with van der Waals surface area (Å²) >= 11 is 0. The van der Waals surface area contributed by atoms with E-state index in [1.165, 1.54) is 0 Å². The van der Waals surface area contributed by atoms with E-state index in [-0.39, 0.29) is 12.1 Å². The number of aliphatic carboxylic acids is 1. The van der Waals surface area contributed by atoms with Crippen LogP contribution in [0.25, 0.3) is 0 Å². The molecule has 0 aromatic heterocycles. The molecule has 1 N–H and O–H groups in total.